The van der Waals surface area contributed by atoms with Crippen LogP contribution in [0.5, 0.6) is 5.75 Å². The third-order valence-electron chi connectivity index (χ3n) is 5.69. The number of ether oxygens (including phenoxy) is 1. The first-order chi connectivity index (χ1) is 11.6. The molecule has 1 saturated heterocycles. The first-order valence-electron chi connectivity index (χ1n) is 8.37. The highest BCUT2D eigenvalue weighted by atomic mass is 16.5. The van der Waals surface area contributed by atoms with E-state index in [4.69, 9.17) is 4.74 Å². The Morgan fingerprint density at radius 1 is 1.12 bits per heavy atom. The second kappa shape index (κ2) is 5.61. The fourth-order valence-electron chi connectivity index (χ4n) is 4.64. The Bertz CT molecular complexity index is 671. The molecule has 0 radical (unpaired) electrons. The summed E-state index contributed by atoms with van der Waals surface area (Å²) in [5, 5.41) is 2.72. The average molecular weight is 328 g/mol. The van der Waals surface area contributed by atoms with Crippen molar-refractivity contribution in [3.8, 4) is 5.75 Å². The molecule has 1 aliphatic heterocycles. The minimum atomic E-state index is -0.353. The van der Waals surface area contributed by atoms with Crippen LogP contribution >= 0.6 is 0 Å². The Morgan fingerprint density at radius 2 is 1.71 bits per heavy atom. The van der Waals surface area contributed by atoms with Crippen molar-refractivity contribution < 1.29 is 19.1 Å². The Morgan fingerprint density at radius 3 is 2.25 bits per heavy atom. The number of anilines is 1. The van der Waals surface area contributed by atoms with Gasteiger partial charge in [-0.15, -0.1) is 0 Å². The van der Waals surface area contributed by atoms with Crippen LogP contribution in [-0.4, -0.2) is 36.3 Å². The molecule has 24 heavy (non-hydrogen) atoms. The molecule has 6 heteroatoms. The molecule has 1 N–H and O–H groups in total. The van der Waals surface area contributed by atoms with Crippen molar-refractivity contribution in [2.75, 3.05) is 19.0 Å². The van der Waals surface area contributed by atoms with Gasteiger partial charge in [0.2, 0.25) is 17.7 Å². The number of rotatable bonds is 4. The summed E-state index contributed by atoms with van der Waals surface area (Å²) in [7, 11) is 1.57. The Balaban J connectivity index is 1.42. The van der Waals surface area contributed by atoms with Crippen LogP contribution < -0.4 is 10.1 Å². The molecule has 1 aromatic carbocycles. The summed E-state index contributed by atoms with van der Waals surface area (Å²) in [6, 6.07) is 6.92. The smallest absolute Gasteiger partial charge is 0.244 e. The van der Waals surface area contributed by atoms with E-state index in [-0.39, 0.29) is 36.1 Å². The van der Waals surface area contributed by atoms with E-state index in [9.17, 15) is 14.4 Å². The maximum Gasteiger partial charge on any atom is 0.244 e. The zero-order chi connectivity index (χ0) is 16.8. The van der Waals surface area contributed by atoms with Crippen LogP contribution in [0.15, 0.2) is 24.3 Å². The molecule has 3 aliphatic rings. The number of hydrogen-bond acceptors (Lipinski definition) is 4. The summed E-state index contributed by atoms with van der Waals surface area (Å²) in [6.07, 6.45) is 3.08. The quantitative estimate of drug-likeness (QED) is 0.853. The number of carbonyl (C=O) groups is 3. The third kappa shape index (κ3) is 2.28. The minimum Gasteiger partial charge on any atom is -0.497 e. The number of nitrogens with zero attached hydrogens (tertiary/aromatic N) is 1. The van der Waals surface area contributed by atoms with E-state index in [2.05, 4.69) is 5.32 Å². The second-order valence-electron chi connectivity index (χ2n) is 6.92. The molecule has 0 unspecified atom stereocenters. The Labute approximate surface area is 140 Å². The van der Waals surface area contributed by atoms with Crippen LogP contribution in [0.4, 0.5) is 5.69 Å². The number of likely N-dealkylation sites (tertiary alicyclic amines) is 1. The molecule has 1 heterocycles. The molecule has 3 amide bonds. The van der Waals surface area contributed by atoms with Crippen LogP contribution in [0.2, 0.25) is 0 Å². The van der Waals surface area contributed by atoms with Gasteiger partial charge in [0.1, 0.15) is 12.3 Å². The lowest BCUT2D eigenvalue weighted by Crippen LogP contribution is -2.39. The fourth-order valence-corrected chi connectivity index (χ4v) is 4.64. The number of methoxy groups -OCH3 is 1. The predicted molar refractivity (Wildman–Crippen MR) is 86.2 cm³/mol. The number of imide groups is 1. The predicted octanol–water partition coefficient (Wildman–Crippen LogP) is 1.66. The molecular weight excluding hydrogens is 308 g/mol. The number of hydrogen-bond donors (Lipinski definition) is 1. The van der Waals surface area contributed by atoms with Gasteiger partial charge in [0.05, 0.1) is 18.9 Å². The van der Waals surface area contributed by atoms with Gasteiger partial charge >= 0.3 is 0 Å². The Kier molecular flexibility index (Phi) is 3.55. The lowest BCUT2D eigenvalue weighted by Gasteiger charge is -2.19. The molecule has 1 aromatic rings. The van der Waals surface area contributed by atoms with E-state index < -0.39 is 0 Å². The molecule has 4 atom stereocenters. The van der Waals surface area contributed by atoms with Gasteiger partial charge in [-0.3, -0.25) is 19.3 Å². The van der Waals surface area contributed by atoms with Gasteiger partial charge in [0, 0.05) is 5.69 Å². The van der Waals surface area contributed by atoms with Crippen molar-refractivity contribution >= 4 is 23.4 Å². The number of amides is 3. The maximum absolute atomic E-state index is 12.6. The Hall–Kier alpha value is -2.37. The van der Waals surface area contributed by atoms with Gasteiger partial charge in [-0.05, 0) is 55.4 Å². The molecule has 2 aliphatic carbocycles. The highest BCUT2D eigenvalue weighted by Crippen LogP contribution is 2.56. The van der Waals surface area contributed by atoms with E-state index in [1.54, 1.807) is 31.4 Å². The van der Waals surface area contributed by atoms with Gasteiger partial charge in [-0.2, -0.15) is 0 Å². The average Bonchev–Trinajstić information content (AvgIpc) is 3.25. The van der Waals surface area contributed by atoms with E-state index in [0.717, 1.165) is 19.3 Å². The lowest BCUT2D eigenvalue weighted by atomic mass is 9.81. The standard InChI is InChI=1S/C18H20N2O4/c1-24-13-6-4-12(5-7-13)19-14(21)9-20-17(22)15-10-2-3-11(8-10)16(15)18(20)23/h4-7,10-11,15-16H,2-3,8-9H2,1H3,(H,19,21)/t10-,11+,15-,16+. The zero-order valence-electron chi connectivity index (χ0n) is 13.5. The van der Waals surface area contributed by atoms with Gasteiger partial charge in [0.15, 0.2) is 0 Å². The van der Waals surface area contributed by atoms with E-state index >= 15 is 0 Å². The summed E-state index contributed by atoms with van der Waals surface area (Å²) < 4.78 is 5.07. The van der Waals surface area contributed by atoms with Crippen LogP contribution in [0.3, 0.4) is 0 Å². The highest BCUT2D eigenvalue weighted by Gasteiger charge is 2.60. The first-order valence-corrected chi connectivity index (χ1v) is 8.37. The van der Waals surface area contributed by atoms with Gasteiger partial charge < -0.3 is 10.1 Å². The summed E-state index contributed by atoms with van der Waals surface area (Å²) in [5.41, 5.74) is 0.611. The molecular formula is C18H20N2O4. The molecule has 0 spiro atoms. The van der Waals surface area contributed by atoms with Crippen molar-refractivity contribution in [2.24, 2.45) is 23.7 Å². The van der Waals surface area contributed by atoms with E-state index in [1.807, 2.05) is 0 Å². The zero-order valence-corrected chi connectivity index (χ0v) is 13.5. The number of nitrogens with one attached hydrogen (secondary N) is 1. The van der Waals surface area contributed by atoms with Crippen LogP contribution in [-0.2, 0) is 14.4 Å². The first kappa shape index (κ1) is 15.2. The molecule has 0 aromatic heterocycles. The van der Waals surface area contributed by atoms with Crippen molar-refractivity contribution in [2.45, 2.75) is 19.3 Å². The van der Waals surface area contributed by atoms with Gasteiger partial charge in [-0.25, -0.2) is 0 Å². The van der Waals surface area contributed by atoms with Gasteiger partial charge in [0.25, 0.3) is 0 Å². The SMILES string of the molecule is COc1ccc(NC(=O)CN2C(=O)[C@@H]3[C@@H]4CC[C@@H](C4)[C@@H]3C2=O)cc1. The monoisotopic (exact) mass is 328 g/mol. The van der Waals surface area contributed by atoms with Crippen molar-refractivity contribution in [3.63, 3.8) is 0 Å². The molecule has 2 saturated carbocycles. The van der Waals surface area contributed by atoms with E-state index in [0.29, 0.717) is 23.3 Å². The summed E-state index contributed by atoms with van der Waals surface area (Å²) in [4.78, 5) is 38.5. The lowest BCUT2D eigenvalue weighted by molar-refractivity contribution is -0.143. The second-order valence-corrected chi connectivity index (χ2v) is 6.92. The van der Waals surface area contributed by atoms with Crippen molar-refractivity contribution in [1.82, 2.24) is 4.90 Å². The third-order valence-corrected chi connectivity index (χ3v) is 5.69. The minimum absolute atomic E-state index is 0.151. The normalized spacial score (nSPS) is 30.6. The fraction of sp³-hybridized carbons (Fsp3) is 0.500. The molecule has 126 valence electrons. The van der Waals surface area contributed by atoms with Crippen LogP contribution in [0.25, 0.3) is 0 Å². The molecule has 3 fully saturated rings. The largest absolute Gasteiger partial charge is 0.497 e. The van der Waals surface area contributed by atoms with Crippen LogP contribution in [0.1, 0.15) is 19.3 Å². The summed E-state index contributed by atoms with van der Waals surface area (Å²) in [6.45, 7) is -0.198. The topological polar surface area (TPSA) is 75.7 Å². The van der Waals surface area contributed by atoms with Crippen molar-refractivity contribution in [1.29, 1.82) is 0 Å². The van der Waals surface area contributed by atoms with Crippen LogP contribution in [0, 0.1) is 23.7 Å². The highest BCUT2D eigenvalue weighted by molar-refractivity contribution is 6.09. The maximum atomic E-state index is 12.6. The van der Waals surface area contributed by atoms with Crippen molar-refractivity contribution in [3.05, 3.63) is 24.3 Å². The van der Waals surface area contributed by atoms with Gasteiger partial charge in [-0.1, -0.05) is 0 Å². The number of benzene rings is 1. The molecule has 4 rings (SSSR count). The summed E-state index contributed by atoms with van der Waals surface area (Å²) >= 11 is 0. The molecule has 6 nitrogen and oxygen atoms in total. The van der Waals surface area contributed by atoms with E-state index in [1.165, 1.54) is 4.90 Å². The number of carbonyl (C=O) groups excluding carboxylic acids is 3. The number of fused-ring (bicyclic) bond motifs is 5. The summed E-state index contributed by atoms with van der Waals surface area (Å²) in [5.74, 6) is 0.367. The molecule has 2 bridgehead atoms.